The molecule has 0 aliphatic carbocycles. The minimum Gasteiger partial charge on any atom is -0.491 e. The normalized spacial score (nSPS) is 18.6. The van der Waals surface area contributed by atoms with E-state index in [2.05, 4.69) is 22.5 Å². The van der Waals surface area contributed by atoms with Gasteiger partial charge < -0.3 is 20.1 Å². The molecule has 6 heteroatoms. The number of carbonyl (C=O) groups is 1. The maximum Gasteiger partial charge on any atom is 0.234 e. The van der Waals surface area contributed by atoms with Crippen LogP contribution in [0.5, 0.6) is 5.75 Å². The number of rotatable bonds is 8. The molecule has 23 heavy (non-hydrogen) atoms. The highest BCUT2D eigenvalue weighted by molar-refractivity contribution is 5.78. The summed E-state index contributed by atoms with van der Waals surface area (Å²) in [5, 5.41) is 6.30. The van der Waals surface area contributed by atoms with Gasteiger partial charge in [0.2, 0.25) is 5.91 Å². The van der Waals surface area contributed by atoms with Gasteiger partial charge in [-0.05, 0) is 24.6 Å². The molecule has 1 aromatic carbocycles. The van der Waals surface area contributed by atoms with Gasteiger partial charge in [0.05, 0.1) is 13.2 Å². The molecule has 0 unspecified atom stereocenters. The first-order valence-corrected chi connectivity index (χ1v) is 8.11. The number of piperazine rings is 1. The molecule has 128 valence electrons. The Labute approximate surface area is 138 Å². The standard InChI is InChI=1S/C17H27N3O3/c1-14-11-18-7-8-20(14)13-17(21)19-12-15-3-5-16(6-4-15)23-10-9-22-2/h3-6,14,18H,7-13H2,1-2H3,(H,19,21)/t14-/m0/s1. The highest BCUT2D eigenvalue weighted by Crippen LogP contribution is 2.12. The molecular formula is C17H27N3O3. The minimum absolute atomic E-state index is 0.0687. The van der Waals surface area contributed by atoms with Crippen LogP contribution in [0.15, 0.2) is 24.3 Å². The highest BCUT2D eigenvalue weighted by atomic mass is 16.5. The van der Waals surface area contributed by atoms with Crippen LogP contribution >= 0.6 is 0 Å². The van der Waals surface area contributed by atoms with Crippen molar-refractivity contribution in [3.05, 3.63) is 29.8 Å². The molecule has 1 amide bonds. The summed E-state index contributed by atoms with van der Waals surface area (Å²) >= 11 is 0. The topological polar surface area (TPSA) is 62.8 Å². The second kappa shape index (κ2) is 9.50. The lowest BCUT2D eigenvalue weighted by Gasteiger charge is -2.33. The van der Waals surface area contributed by atoms with Crippen LogP contribution in [0.2, 0.25) is 0 Å². The number of benzene rings is 1. The summed E-state index contributed by atoms with van der Waals surface area (Å²) < 4.78 is 10.5. The number of ether oxygens (including phenoxy) is 2. The van der Waals surface area contributed by atoms with Crippen LogP contribution in [0.25, 0.3) is 0 Å². The third kappa shape index (κ3) is 6.17. The van der Waals surface area contributed by atoms with Gasteiger partial charge in [0.25, 0.3) is 0 Å². The fraction of sp³-hybridized carbons (Fsp3) is 0.588. The van der Waals surface area contributed by atoms with Crippen molar-refractivity contribution in [2.24, 2.45) is 0 Å². The maximum absolute atomic E-state index is 12.1. The first-order valence-electron chi connectivity index (χ1n) is 8.11. The zero-order valence-corrected chi connectivity index (χ0v) is 14.0. The molecule has 0 spiro atoms. The molecule has 1 aliphatic rings. The van der Waals surface area contributed by atoms with Gasteiger partial charge in [-0.15, -0.1) is 0 Å². The van der Waals surface area contributed by atoms with Crippen molar-refractivity contribution in [3.63, 3.8) is 0 Å². The summed E-state index contributed by atoms with van der Waals surface area (Å²) in [6.07, 6.45) is 0. The van der Waals surface area contributed by atoms with Crippen LogP contribution in [0.3, 0.4) is 0 Å². The lowest BCUT2D eigenvalue weighted by atomic mass is 10.2. The lowest BCUT2D eigenvalue weighted by Crippen LogP contribution is -2.52. The quantitative estimate of drug-likeness (QED) is 0.688. The van der Waals surface area contributed by atoms with Crippen LogP contribution < -0.4 is 15.4 Å². The lowest BCUT2D eigenvalue weighted by molar-refractivity contribution is -0.123. The summed E-state index contributed by atoms with van der Waals surface area (Å²) in [5.41, 5.74) is 1.06. The largest absolute Gasteiger partial charge is 0.491 e. The van der Waals surface area contributed by atoms with Crippen molar-refractivity contribution in [1.82, 2.24) is 15.5 Å². The van der Waals surface area contributed by atoms with Crippen molar-refractivity contribution in [1.29, 1.82) is 0 Å². The molecule has 1 fully saturated rings. The molecule has 1 atom stereocenters. The van der Waals surface area contributed by atoms with E-state index in [-0.39, 0.29) is 5.91 Å². The van der Waals surface area contributed by atoms with Crippen molar-refractivity contribution >= 4 is 5.91 Å². The van der Waals surface area contributed by atoms with Gasteiger partial charge in [-0.1, -0.05) is 12.1 Å². The number of nitrogens with one attached hydrogen (secondary N) is 2. The smallest absolute Gasteiger partial charge is 0.234 e. The average Bonchev–Trinajstić information content (AvgIpc) is 2.56. The summed E-state index contributed by atoms with van der Waals surface area (Å²) in [4.78, 5) is 14.3. The van der Waals surface area contributed by atoms with Crippen LogP contribution in [-0.4, -0.2) is 63.4 Å². The van der Waals surface area contributed by atoms with Crippen LogP contribution in [0.4, 0.5) is 0 Å². The SMILES string of the molecule is COCCOc1ccc(CNC(=O)CN2CCNC[C@@H]2C)cc1. The Morgan fingerprint density at radius 1 is 1.35 bits per heavy atom. The Balaban J connectivity index is 1.71. The van der Waals surface area contributed by atoms with Crippen LogP contribution in [0.1, 0.15) is 12.5 Å². The van der Waals surface area contributed by atoms with E-state index in [4.69, 9.17) is 9.47 Å². The Morgan fingerprint density at radius 2 is 2.13 bits per heavy atom. The molecule has 1 saturated heterocycles. The van der Waals surface area contributed by atoms with E-state index in [0.717, 1.165) is 30.9 Å². The van der Waals surface area contributed by atoms with E-state index >= 15 is 0 Å². The van der Waals surface area contributed by atoms with Gasteiger partial charge in [-0.25, -0.2) is 0 Å². The number of hydrogen-bond acceptors (Lipinski definition) is 5. The maximum atomic E-state index is 12.1. The molecule has 1 aliphatic heterocycles. The highest BCUT2D eigenvalue weighted by Gasteiger charge is 2.19. The van der Waals surface area contributed by atoms with E-state index in [9.17, 15) is 4.79 Å². The molecule has 0 saturated carbocycles. The Hall–Kier alpha value is -1.63. The van der Waals surface area contributed by atoms with E-state index in [1.165, 1.54) is 0 Å². The summed E-state index contributed by atoms with van der Waals surface area (Å²) in [6.45, 7) is 7.06. The number of carbonyl (C=O) groups excluding carboxylic acids is 1. The number of hydrogen-bond donors (Lipinski definition) is 2. The van der Waals surface area contributed by atoms with E-state index in [0.29, 0.717) is 32.3 Å². The molecule has 6 nitrogen and oxygen atoms in total. The molecule has 2 rings (SSSR count). The summed E-state index contributed by atoms with van der Waals surface area (Å²) in [6, 6.07) is 8.16. The fourth-order valence-corrected chi connectivity index (χ4v) is 2.51. The van der Waals surface area contributed by atoms with Crippen LogP contribution in [-0.2, 0) is 16.1 Å². The Bertz CT molecular complexity index is 478. The first kappa shape index (κ1) is 17.7. The second-order valence-corrected chi connectivity index (χ2v) is 5.79. The van der Waals surface area contributed by atoms with Crippen molar-refractivity contribution in [3.8, 4) is 5.75 Å². The average molecular weight is 321 g/mol. The molecule has 0 radical (unpaired) electrons. The van der Waals surface area contributed by atoms with Gasteiger partial charge >= 0.3 is 0 Å². The minimum atomic E-state index is 0.0687. The second-order valence-electron chi connectivity index (χ2n) is 5.79. The van der Waals surface area contributed by atoms with Gasteiger partial charge in [0, 0.05) is 39.3 Å². The van der Waals surface area contributed by atoms with E-state index in [1.807, 2.05) is 24.3 Å². The van der Waals surface area contributed by atoms with Gasteiger partial charge in [-0.3, -0.25) is 9.69 Å². The van der Waals surface area contributed by atoms with Crippen LogP contribution in [0, 0.1) is 0 Å². The monoisotopic (exact) mass is 321 g/mol. The summed E-state index contributed by atoms with van der Waals surface area (Å²) in [7, 11) is 1.65. The first-order chi connectivity index (χ1) is 11.2. The Morgan fingerprint density at radius 3 is 2.83 bits per heavy atom. The molecule has 1 aromatic rings. The van der Waals surface area contributed by atoms with Gasteiger partial charge in [0.15, 0.2) is 0 Å². The van der Waals surface area contributed by atoms with Crippen molar-refractivity contribution < 1.29 is 14.3 Å². The van der Waals surface area contributed by atoms with E-state index < -0.39 is 0 Å². The Kier molecular flexibility index (Phi) is 7.32. The number of amides is 1. The van der Waals surface area contributed by atoms with Crippen molar-refractivity contribution in [2.45, 2.75) is 19.5 Å². The molecule has 0 bridgehead atoms. The van der Waals surface area contributed by atoms with Gasteiger partial charge in [0.1, 0.15) is 12.4 Å². The predicted molar refractivity (Wildman–Crippen MR) is 89.6 cm³/mol. The van der Waals surface area contributed by atoms with Gasteiger partial charge in [-0.2, -0.15) is 0 Å². The van der Waals surface area contributed by atoms with Crippen molar-refractivity contribution in [2.75, 3.05) is 46.5 Å². The number of nitrogens with zero attached hydrogens (tertiary/aromatic N) is 1. The number of methoxy groups -OCH3 is 1. The molecule has 0 aromatic heterocycles. The zero-order chi connectivity index (χ0) is 16.5. The molecular weight excluding hydrogens is 294 g/mol. The fourth-order valence-electron chi connectivity index (χ4n) is 2.51. The van der Waals surface area contributed by atoms with E-state index in [1.54, 1.807) is 7.11 Å². The molecule has 1 heterocycles. The third-order valence-electron chi connectivity index (χ3n) is 3.95. The third-order valence-corrected chi connectivity index (χ3v) is 3.95. The summed E-state index contributed by atoms with van der Waals surface area (Å²) in [5.74, 6) is 0.880. The zero-order valence-electron chi connectivity index (χ0n) is 14.0. The molecule has 2 N–H and O–H groups in total. The predicted octanol–water partition coefficient (Wildman–Crippen LogP) is 0.622.